The van der Waals surface area contributed by atoms with Crippen molar-refractivity contribution in [3.8, 4) is 17.2 Å². The minimum atomic E-state index is -0.599. The molecule has 0 heterocycles. The summed E-state index contributed by atoms with van der Waals surface area (Å²) in [5, 5.41) is 2.84. The van der Waals surface area contributed by atoms with Gasteiger partial charge >= 0.3 is 0 Å². The Morgan fingerprint density at radius 1 is 0.808 bits per heavy atom. The summed E-state index contributed by atoms with van der Waals surface area (Å²) < 4.78 is 11.4. The van der Waals surface area contributed by atoms with Crippen molar-refractivity contribution in [1.82, 2.24) is 0 Å². The van der Waals surface area contributed by atoms with E-state index < -0.39 is 6.10 Å². The number of ether oxygens (including phenoxy) is 2. The lowest BCUT2D eigenvalue weighted by Gasteiger charge is -2.15. The molecule has 3 rings (SSSR count). The van der Waals surface area contributed by atoms with Gasteiger partial charge < -0.3 is 14.8 Å². The van der Waals surface area contributed by atoms with Gasteiger partial charge in [0, 0.05) is 5.69 Å². The summed E-state index contributed by atoms with van der Waals surface area (Å²) in [5.41, 5.74) is 1.84. The van der Waals surface area contributed by atoms with Gasteiger partial charge in [-0.1, -0.05) is 35.9 Å². The molecule has 0 unspecified atom stereocenters. The molecule has 0 fully saturated rings. The molecule has 0 aliphatic rings. The molecule has 0 saturated heterocycles. The second-order valence-electron chi connectivity index (χ2n) is 6.00. The van der Waals surface area contributed by atoms with Crippen LogP contribution in [0.25, 0.3) is 0 Å². The minimum absolute atomic E-state index is 0.206. The number of carbonyl (C=O) groups is 1. The van der Waals surface area contributed by atoms with E-state index in [9.17, 15) is 4.79 Å². The number of amides is 1. The number of nitrogens with one attached hydrogen (secondary N) is 1. The zero-order valence-electron chi connectivity index (χ0n) is 14.8. The lowest BCUT2D eigenvalue weighted by molar-refractivity contribution is -0.122. The maximum Gasteiger partial charge on any atom is 0.265 e. The SMILES string of the molecule is Cc1ccc(O[C@H](C)C(=O)Nc2ccc(Oc3ccccc3)cc2)cc1. The van der Waals surface area contributed by atoms with Gasteiger partial charge in [0.2, 0.25) is 0 Å². The number of aryl methyl sites for hydroxylation is 1. The number of rotatable bonds is 6. The summed E-state index contributed by atoms with van der Waals surface area (Å²) in [6.07, 6.45) is -0.599. The second kappa shape index (κ2) is 8.21. The first kappa shape index (κ1) is 17.5. The van der Waals surface area contributed by atoms with E-state index in [1.807, 2.05) is 73.7 Å². The highest BCUT2D eigenvalue weighted by Crippen LogP contribution is 2.23. The number of benzene rings is 3. The highest BCUT2D eigenvalue weighted by atomic mass is 16.5. The van der Waals surface area contributed by atoms with Crippen molar-refractivity contribution in [3.63, 3.8) is 0 Å². The zero-order valence-corrected chi connectivity index (χ0v) is 14.8. The largest absolute Gasteiger partial charge is 0.481 e. The first-order valence-electron chi connectivity index (χ1n) is 8.47. The van der Waals surface area contributed by atoms with Crippen LogP contribution >= 0.6 is 0 Å². The molecular formula is C22H21NO3. The van der Waals surface area contributed by atoms with Crippen LogP contribution in [0.4, 0.5) is 5.69 Å². The van der Waals surface area contributed by atoms with Gasteiger partial charge in [-0.05, 0) is 62.4 Å². The molecule has 1 atom stereocenters. The second-order valence-corrected chi connectivity index (χ2v) is 6.00. The molecule has 4 heteroatoms. The van der Waals surface area contributed by atoms with E-state index in [1.54, 1.807) is 19.1 Å². The molecule has 4 nitrogen and oxygen atoms in total. The monoisotopic (exact) mass is 347 g/mol. The Labute approximate surface area is 153 Å². The van der Waals surface area contributed by atoms with Crippen LogP contribution in [0, 0.1) is 6.92 Å². The molecule has 0 saturated carbocycles. The highest BCUT2D eigenvalue weighted by Gasteiger charge is 2.14. The molecule has 0 aromatic heterocycles. The van der Waals surface area contributed by atoms with Gasteiger partial charge in [0.25, 0.3) is 5.91 Å². The van der Waals surface area contributed by atoms with Gasteiger partial charge in [-0.15, -0.1) is 0 Å². The van der Waals surface area contributed by atoms with E-state index in [0.717, 1.165) is 11.3 Å². The average Bonchev–Trinajstić information content (AvgIpc) is 2.66. The van der Waals surface area contributed by atoms with Crippen molar-refractivity contribution in [2.45, 2.75) is 20.0 Å². The smallest absolute Gasteiger partial charge is 0.265 e. The highest BCUT2D eigenvalue weighted by molar-refractivity contribution is 5.94. The lowest BCUT2D eigenvalue weighted by atomic mass is 10.2. The van der Waals surface area contributed by atoms with E-state index in [0.29, 0.717) is 17.2 Å². The third kappa shape index (κ3) is 4.86. The fourth-order valence-electron chi connectivity index (χ4n) is 2.35. The van der Waals surface area contributed by atoms with Crippen LogP contribution in [0.3, 0.4) is 0 Å². The van der Waals surface area contributed by atoms with E-state index in [-0.39, 0.29) is 5.91 Å². The van der Waals surface area contributed by atoms with Crippen molar-refractivity contribution >= 4 is 11.6 Å². The quantitative estimate of drug-likeness (QED) is 0.667. The molecule has 26 heavy (non-hydrogen) atoms. The van der Waals surface area contributed by atoms with Gasteiger partial charge in [-0.25, -0.2) is 0 Å². The van der Waals surface area contributed by atoms with E-state index in [4.69, 9.17) is 9.47 Å². The summed E-state index contributed by atoms with van der Waals surface area (Å²) in [6, 6.07) is 24.4. The summed E-state index contributed by atoms with van der Waals surface area (Å²) in [7, 11) is 0. The Hall–Kier alpha value is -3.27. The Kier molecular flexibility index (Phi) is 5.54. The normalized spacial score (nSPS) is 11.5. The van der Waals surface area contributed by atoms with Crippen molar-refractivity contribution in [1.29, 1.82) is 0 Å². The molecule has 0 aliphatic carbocycles. The molecule has 0 aliphatic heterocycles. The molecule has 1 amide bonds. The van der Waals surface area contributed by atoms with E-state index >= 15 is 0 Å². The maximum absolute atomic E-state index is 12.3. The maximum atomic E-state index is 12.3. The third-order valence-electron chi connectivity index (χ3n) is 3.80. The molecule has 0 bridgehead atoms. The van der Waals surface area contributed by atoms with Crippen LogP contribution in [0.1, 0.15) is 12.5 Å². The molecule has 3 aromatic rings. The molecular weight excluding hydrogens is 326 g/mol. The Bertz CT molecular complexity index is 843. The Morgan fingerprint density at radius 3 is 2.04 bits per heavy atom. The average molecular weight is 347 g/mol. The third-order valence-corrected chi connectivity index (χ3v) is 3.80. The molecule has 1 N–H and O–H groups in total. The van der Waals surface area contributed by atoms with Crippen molar-refractivity contribution < 1.29 is 14.3 Å². The fourth-order valence-corrected chi connectivity index (χ4v) is 2.35. The number of carbonyl (C=O) groups excluding carboxylic acids is 1. The topological polar surface area (TPSA) is 47.6 Å². The minimum Gasteiger partial charge on any atom is -0.481 e. The molecule has 132 valence electrons. The predicted octanol–water partition coefficient (Wildman–Crippen LogP) is 5.19. The van der Waals surface area contributed by atoms with Crippen molar-refractivity contribution in [2.75, 3.05) is 5.32 Å². The number of para-hydroxylation sites is 1. The van der Waals surface area contributed by atoms with Gasteiger partial charge in [0.1, 0.15) is 17.2 Å². The first-order valence-corrected chi connectivity index (χ1v) is 8.47. The lowest BCUT2D eigenvalue weighted by Crippen LogP contribution is -2.30. The first-order chi connectivity index (χ1) is 12.6. The summed E-state index contributed by atoms with van der Waals surface area (Å²) in [6.45, 7) is 3.73. The predicted molar refractivity (Wildman–Crippen MR) is 103 cm³/mol. The van der Waals surface area contributed by atoms with Gasteiger partial charge in [0.15, 0.2) is 6.10 Å². The van der Waals surface area contributed by atoms with Crippen LogP contribution < -0.4 is 14.8 Å². The summed E-state index contributed by atoms with van der Waals surface area (Å²) in [4.78, 5) is 12.3. The number of hydrogen-bond donors (Lipinski definition) is 1. The van der Waals surface area contributed by atoms with Crippen LogP contribution in [0.5, 0.6) is 17.2 Å². The Morgan fingerprint density at radius 2 is 1.38 bits per heavy atom. The van der Waals surface area contributed by atoms with Crippen LogP contribution in [0.2, 0.25) is 0 Å². The van der Waals surface area contributed by atoms with Crippen LogP contribution in [-0.2, 0) is 4.79 Å². The fraction of sp³-hybridized carbons (Fsp3) is 0.136. The van der Waals surface area contributed by atoms with Crippen molar-refractivity contribution in [3.05, 3.63) is 84.4 Å². The molecule has 3 aromatic carbocycles. The van der Waals surface area contributed by atoms with Gasteiger partial charge in [0.05, 0.1) is 0 Å². The summed E-state index contributed by atoms with van der Waals surface area (Å²) >= 11 is 0. The zero-order chi connectivity index (χ0) is 18.4. The van der Waals surface area contributed by atoms with E-state index in [1.165, 1.54) is 0 Å². The van der Waals surface area contributed by atoms with Gasteiger partial charge in [-0.2, -0.15) is 0 Å². The summed E-state index contributed by atoms with van der Waals surface area (Å²) in [5.74, 6) is 1.94. The van der Waals surface area contributed by atoms with Crippen LogP contribution in [-0.4, -0.2) is 12.0 Å². The number of anilines is 1. The van der Waals surface area contributed by atoms with Gasteiger partial charge in [-0.3, -0.25) is 4.79 Å². The molecule has 0 radical (unpaired) electrons. The van der Waals surface area contributed by atoms with Crippen LogP contribution in [0.15, 0.2) is 78.9 Å². The standard InChI is InChI=1S/C22H21NO3/c1-16-8-12-20(13-9-16)25-17(2)22(24)23-18-10-14-21(15-11-18)26-19-6-4-3-5-7-19/h3-15,17H,1-2H3,(H,23,24)/t17-/m1/s1. The van der Waals surface area contributed by atoms with E-state index in [2.05, 4.69) is 5.32 Å². The number of hydrogen-bond acceptors (Lipinski definition) is 3. The Balaban J connectivity index is 1.56. The molecule has 0 spiro atoms. The van der Waals surface area contributed by atoms with Crippen molar-refractivity contribution in [2.24, 2.45) is 0 Å².